The van der Waals surface area contributed by atoms with Crippen LogP contribution in [-0.4, -0.2) is 10.9 Å². The highest BCUT2D eigenvalue weighted by Crippen LogP contribution is 2.23. The molecule has 0 aromatic rings. The topological polar surface area (TPSA) is 56.0 Å². The fourth-order valence-corrected chi connectivity index (χ4v) is 1.29. The summed E-state index contributed by atoms with van der Waals surface area (Å²) in [5, 5.41) is 0. The lowest BCUT2D eigenvalue weighted by atomic mass is 10.1. The molecule has 0 radical (unpaired) electrons. The molecule has 0 unspecified atom stereocenters. The number of aromatic nitrogens is 1. The first-order valence-corrected chi connectivity index (χ1v) is 3.92. The molecule has 0 spiro atoms. The van der Waals surface area contributed by atoms with Gasteiger partial charge in [-0.1, -0.05) is 30.3 Å². The van der Waals surface area contributed by atoms with Crippen LogP contribution in [-0.2, 0) is 0 Å². The van der Waals surface area contributed by atoms with Crippen LogP contribution in [0.4, 0.5) is 0 Å². The second-order valence-electron chi connectivity index (χ2n) is 2.75. The first-order valence-electron chi connectivity index (χ1n) is 3.92. The smallest absolute Gasteiger partial charge is 0.267 e. The summed E-state index contributed by atoms with van der Waals surface area (Å²) in [6.07, 6.45) is 1.65. The largest absolute Gasteiger partial charge is 0.364 e. The number of primary amides is 1. The van der Waals surface area contributed by atoms with Gasteiger partial charge >= 0.3 is 0 Å². The van der Waals surface area contributed by atoms with E-state index in [0.29, 0.717) is 5.69 Å². The number of carbonyl (C=O) groups excluding carboxylic acids is 1. The number of carbonyl (C=O) groups is 1. The number of fused-ring (bicyclic) bond motifs is 1. The van der Waals surface area contributed by atoms with Crippen LogP contribution in [0.1, 0.15) is 10.5 Å². The van der Waals surface area contributed by atoms with Gasteiger partial charge in [-0.05, 0) is 0 Å². The quantitative estimate of drug-likeness (QED) is 0.704. The third kappa shape index (κ3) is 1.24. The van der Waals surface area contributed by atoms with E-state index in [-0.39, 0.29) is 0 Å². The maximum Gasteiger partial charge on any atom is 0.267 e. The molecule has 1 aliphatic heterocycles. The van der Waals surface area contributed by atoms with Gasteiger partial charge in [0.15, 0.2) is 0 Å². The van der Waals surface area contributed by atoms with Crippen LogP contribution >= 0.6 is 0 Å². The fraction of sp³-hybridized carbons (Fsp3) is 0. The Bertz CT molecular complexity index is 425. The van der Waals surface area contributed by atoms with Crippen LogP contribution in [0.3, 0.4) is 0 Å². The van der Waals surface area contributed by atoms with E-state index >= 15 is 0 Å². The average Bonchev–Trinajstić information content (AvgIpc) is 2.36. The molecule has 1 amide bonds. The molecule has 0 aromatic heterocycles. The molecule has 2 N–H and O–H groups in total. The van der Waals surface area contributed by atoms with E-state index in [0.717, 1.165) is 11.1 Å². The van der Waals surface area contributed by atoms with Crippen molar-refractivity contribution in [3.63, 3.8) is 0 Å². The van der Waals surface area contributed by atoms with Gasteiger partial charge in [0.1, 0.15) is 5.69 Å². The predicted molar refractivity (Wildman–Crippen MR) is 49.4 cm³/mol. The van der Waals surface area contributed by atoms with E-state index in [1.807, 2.05) is 30.3 Å². The average molecular weight is 172 g/mol. The molecule has 13 heavy (non-hydrogen) atoms. The van der Waals surface area contributed by atoms with Gasteiger partial charge in [0.25, 0.3) is 5.91 Å². The number of nitrogens with two attached hydrogens (primary N) is 1. The van der Waals surface area contributed by atoms with Crippen LogP contribution in [0.15, 0.2) is 36.5 Å². The zero-order chi connectivity index (χ0) is 9.26. The van der Waals surface area contributed by atoms with E-state index in [9.17, 15) is 4.79 Å². The van der Waals surface area contributed by atoms with Gasteiger partial charge in [0.2, 0.25) is 0 Å². The number of hydrogen-bond donors (Lipinski definition) is 1. The Morgan fingerprint density at radius 2 is 2.00 bits per heavy atom. The summed E-state index contributed by atoms with van der Waals surface area (Å²) in [5.74, 6) is -0.485. The molecule has 0 saturated heterocycles. The summed E-state index contributed by atoms with van der Waals surface area (Å²) >= 11 is 0. The molecule has 0 saturated carbocycles. The van der Waals surface area contributed by atoms with Crippen molar-refractivity contribution in [2.75, 3.05) is 0 Å². The number of rotatable bonds is 1. The molecule has 2 rings (SSSR count). The molecular weight excluding hydrogens is 164 g/mol. The van der Waals surface area contributed by atoms with Crippen molar-refractivity contribution in [1.29, 1.82) is 0 Å². The van der Waals surface area contributed by atoms with Crippen LogP contribution < -0.4 is 5.73 Å². The summed E-state index contributed by atoms with van der Waals surface area (Å²) in [6.45, 7) is 0. The first-order chi connectivity index (χ1) is 6.29. The highest BCUT2D eigenvalue weighted by atomic mass is 16.1. The lowest BCUT2D eigenvalue weighted by Crippen LogP contribution is -2.11. The number of amides is 1. The molecule has 64 valence electrons. The van der Waals surface area contributed by atoms with Gasteiger partial charge in [-0.25, -0.2) is 4.98 Å². The minimum absolute atomic E-state index is 0.339. The Kier molecular flexibility index (Phi) is 1.70. The normalized spacial score (nSPS) is 10.2. The summed E-state index contributed by atoms with van der Waals surface area (Å²) in [4.78, 5) is 14.9. The van der Waals surface area contributed by atoms with Crippen LogP contribution in [0.2, 0.25) is 0 Å². The van der Waals surface area contributed by atoms with Gasteiger partial charge < -0.3 is 5.73 Å². The van der Waals surface area contributed by atoms with E-state index in [4.69, 9.17) is 5.73 Å². The summed E-state index contributed by atoms with van der Waals surface area (Å²) in [5.41, 5.74) is 7.24. The van der Waals surface area contributed by atoms with Crippen molar-refractivity contribution in [1.82, 2.24) is 4.98 Å². The Morgan fingerprint density at radius 3 is 2.77 bits per heavy atom. The molecular formula is C10H8N2O. The highest BCUT2D eigenvalue weighted by molar-refractivity contribution is 5.98. The molecule has 1 aliphatic carbocycles. The molecule has 0 aromatic carbocycles. The second kappa shape index (κ2) is 2.86. The predicted octanol–water partition coefficient (Wildman–Crippen LogP) is 1.29. The molecule has 3 heteroatoms. The molecule has 2 aliphatic rings. The highest BCUT2D eigenvalue weighted by Gasteiger charge is 2.12. The standard InChI is InChI=1S/C10H8N2O/c11-10(13)9-8-5-3-1-2-4-7(8)6-12-9/h1-6H,(H2,11,13). The van der Waals surface area contributed by atoms with Gasteiger partial charge in [-0.3, -0.25) is 4.79 Å². The Balaban J connectivity index is 2.68. The van der Waals surface area contributed by atoms with Gasteiger partial charge in [0, 0.05) is 17.3 Å². The van der Waals surface area contributed by atoms with Crippen molar-refractivity contribution < 1.29 is 4.79 Å². The molecule has 0 bridgehead atoms. The van der Waals surface area contributed by atoms with Gasteiger partial charge in [-0.15, -0.1) is 0 Å². The van der Waals surface area contributed by atoms with Gasteiger partial charge in [0.05, 0.1) is 0 Å². The first kappa shape index (κ1) is 7.73. The van der Waals surface area contributed by atoms with Crippen molar-refractivity contribution in [3.8, 4) is 11.1 Å². The van der Waals surface area contributed by atoms with E-state index < -0.39 is 5.91 Å². The van der Waals surface area contributed by atoms with Crippen molar-refractivity contribution in [3.05, 3.63) is 42.2 Å². The SMILES string of the molecule is NC(=O)c1ncc2cccccc1-2. The minimum atomic E-state index is -0.485. The van der Waals surface area contributed by atoms with Crippen molar-refractivity contribution in [2.45, 2.75) is 0 Å². The van der Waals surface area contributed by atoms with Crippen LogP contribution in [0.5, 0.6) is 0 Å². The lowest BCUT2D eigenvalue weighted by molar-refractivity contribution is 0.0997. The second-order valence-corrected chi connectivity index (χ2v) is 2.75. The van der Waals surface area contributed by atoms with Crippen molar-refractivity contribution in [2.24, 2.45) is 5.73 Å². The monoisotopic (exact) mass is 172 g/mol. The van der Waals surface area contributed by atoms with Crippen molar-refractivity contribution >= 4 is 5.91 Å². The zero-order valence-electron chi connectivity index (χ0n) is 6.90. The summed E-state index contributed by atoms with van der Waals surface area (Å²) in [7, 11) is 0. The number of hydrogen-bond acceptors (Lipinski definition) is 2. The van der Waals surface area contributed by atoms with E-state index in [2.05, 4.69) is 4.98 Å². The Morgan fingerprint density at radius 1 is 1.23 bits per heavy atom. The van der Waals surface area contributed by atoms with E-state index in [1.165, 1.54) is 0 Å². The van der Waals surface area contributed by atoms with Gasteiger partial charge in [-0.2, -0.15) is 0 Å². The van der Waals surface area contributed by atoms with Crippen LogP contribution in [0, 0.1) is 0 Å². The maximum atomic E-state index is 10.9. The third-order valence-electron chi connectivity index (χ3n) is 1.89. The third-order valence-corrected chi connectivity index (χ3v) is 1.89. The van der Waals surface area contributed by atoms with Crippen LogP contribution in [0.25, 0.3) is 11.1 Å². The molecule has 1 heterocycles. The minimum Gasteiger partial charge on any atom is -0.364 e. The van der Waals surface area contributed by atoms with E-state index in [1.54, 1.807) is 6.20 Å². The molecule has 3 nitrogen and oxygen atoms in total. The molecule has 0 fully saturated rings. The summed E-state index contributed by atoms with van der Waals surface area (Å²) < 4.78 is 0. The zero-order valence-corrected chi connectivity index (χ0v) is 6.90. The Labute approximate surface area is 75.6 Å². The Hall–Kier alpha value is -1.90. The fourth-order valence-electron chi connectivity index (χ4n) is 1.29. The maximum absolute atomic E-state index is 10.9. The lowest BCUT2D eigenvalue weighted by Gasteiger charge is -1.92. The number of nitrogens with zero attached hydrogens (tertiary/aromatic N) is 1. The molecule has 0 atom stereocenters. The summed E-state index contributed by atoms with van der Waals surface area (Å²) in [6, 6.07) is 9.38.